The Balaban J connectivity index is 1.81. The quantitative estimate of drug-likeness (QED) is 0.579. The average molecular weight is 346 g/mol. The highest BCUT2D eigenvalue weighted by atomic mass is 35.5. The summed E-state index contributed by atoms with van der Waals surface area (Å²) in [5, 5.41) is 5.13. The molecule has 1 N–H and O–H groups in total. The van der Waals surface area contributed by atoms with E-state index in [0.29, 0.717) is 15.6 Å². The van der Waals surface area contributed by atoms with Gasteiger partial charge in [-0.05, 0) is 30.3 Å². The number of pyridine rings is 1. The van der Waals surface area contributed by atoms with E-state index in [4.69, 9.17) is 16.3 Å². The van der Waals surface area contributed by atoms with Crippen LogP contribution in [0.25, 0.3) is 10.1 Å². The first-order valence-electron chi connectivity index (χ1n) is 6.69. The number of carbonyl (C=O) groups is 1. The second-order valence-electron chi connectivity index (χ2n) is 4.56. The molecule has 0 aliphatic carbocycles. The van der Waals surface area contributed by atoms with E-state index >= 15 is 0 Å². The van der Waals surface area contributed by atoms with E-state index in [1.807, 2.05) is 24.3 Å². The van der Waals surface area contributed by atoms with Crippen LogP contribution in [-0.4, -0.2) is 24.2 Å². The molecule has 2 aromatic heterocycles. The molecule has 7 heteroatoms. The molecule has 3 rings (SSSR count). The first kappa shape index (κ1) is 15.5. The summed E-state index contributed by atoms with van der Waals surface area (Å²) in [6, 6.07) is 10.9. The fraction of sp³-hybridized carbons (Fsp3) is 0.0625. The maximum atomic E-state index is 12.2. The third-order valence-corrected chi connectivity index (χ3v) is 4.75. The molecule has 3 aromatic rings. The van der Waals surface area contributed by atoms with Crippen molar-refractivity contribution >= 4 is 45.1 Å². The normalized spacial score (nSPS) is 11.0. The van der Waals surface area contributed by atoms with E-state index in [2.05, 4.69) is 15.5 Å². The highest BCUT2D eigenvalue weighted by Crippen LogP contribution is 2.37. The van der Waals surface area contributed by atoms with Gasteiger partial charge in [-0.1, -0.05) is 17.7 Å². The van der Waals surface area contributed by atoms with Crippen LogP contribution in [0.15, 0.2) is 47.7 Å². The summed E-state index contributed by atoms with van der Waals surface area (Å²) in [6.07, 6.45) is 3.13. The molecule has 0 spiro atoms. The maximum Gasteiger partial charge on any atom is 0.283 e. The van der Waals surface area contributed by atoms with Gasteiger partial charge < -0.3 is 4.74 Å². The Morgan fingerprint density at radius 3 is 3.00 bits per heavy atom. The fourth-order valence-electron chi connectivity index (χ4n) is 1.98. The van der Waals surface area contributed by atoms with Crippen molar-refractivity contribution in [1.29, 1.82) is 0 Å². The van der Waals surface area contributed by atoms with Gasteiger partial charge in [0.15, 0.2) is 0 Å². The smallest absolute Gasteiger partial charge is 0.283 e. The standard InChI is InChI=1S/C16H12ClN3O2S/c1-22-11-5-6-12-13(8-11)23-15(14(12)17)16(21)20-19-9-10-4-2-3-7-18-10/h2-9H,1H3,(H,20,21)/b19-9+. The first-order valence-corrected chi connectivity index (χ1v) is 7.89. The van der Waals surface area contributed by atoms with E-state index in [-0.39, 0.29) is 5.91 Å². The van der Waals surface area contributed by atoms with Crippen LogP contribution >= 0.6 is 22.9 Å². The van der Waals surface area contributed by atoms with Crippen LogP contribution in [0.1, 0.15) is 15.4 Å². The van der Waals surface area contributed by atoms with E-state index in [0.717, 1.165) is 15.8 Å². The number of fused-ring (bicyclic) bond motifs is 1. The Hall–Kier alpha value is -2.44. The van der Waals surface area contributed by atoms with Gasteiger partial charge in [0.1, 0.15) is 10.6 Å². The first-order chi connectivity index (χ1) is 11.2. The van der Waals surface area contributed by atoms with Crippen molar-refractivity contribution in [3.63, 3.8) is 0 Å². The van der Waals surface area contributed by atoms with E-state index in [1.165, 1.54) is 17.6 Å². The molecule has 0 unspecified atom stereocenters. The molecule has 0 aliphatic heterocycles. The predicted octanol–water partition coefficient (Wildman–Crippen LogP) is 3.72. The molecule has 0 saturated heterocycles. The van der Waals surface area contributed by atoms with Crippen LogP contribution in [0.5, 0.6) is 5.75 Å². The van der Waals surface area contributed by atoms with Crippen LogP contribution in [0.4, 0.5) is 0 Å². The summed E-state index contributed by atoms with van der Waals surface area (Å²) in [5.41, 5.74) is 3.12. The topological polar surface area (TPSA) is 63.6 Å². The number of amides is 1. The van der Waals surface area contributed by atoms with Crippen LogP contribution in [0.2, 0.25) is 5.02 Å². The molecular weight excluding hydrogens is 334 g/mol. The highest BCUT2D eigenvalue weighted by Gasteiger charge is 2.17. The zero-order chi connectivity index (χ0) is 16.2. The molecule has 0 saturated carbocycles. The third kappa shape index (κ3) is 3.33. The lowest BCUT2D eigenvalue weighted by Gasteiger charge is -1.98. The van der Waals surface area contributed by atoms with Gasteiger partial charge in [-0.15, -0.1) is 11.3 Å². The molecule has 23 heavy (non-hydrogen) atoms. The second-order valence-corrected chi connectivity index (χ2v) is 5.99. The lowest BCUT2D eigenvalue weighted by atomic mass is 10.2. The van der Waals surface area contributed by atoms with Crippen molar-refractivity contribution in [2.24, 2.45) is 5.10 Å². The minimum Gasteiger partial charge on any atom is -0.497 e. The van der Waals surface area contributed by atoms with Crippen LogP contribution < -0.4 is 10.2 Å². The Bertz CT molecular complexity index is 878. The Labute approximate surface area is 141 Å². The van der Waals surface area contributed by atoms with E-state index < -0.39 is 0 Å². The third-order valence-electron chi connectivity index (χ3n) is 3.09. The number of hydrazone groups is 1. The number of hydrogen-bond acceptors (Lipinski definition) is 5. The Morgan fingerprint density at radius 1 is 1.39 bits per heavy atom. The number of hydrogen-bond donors (Lipinski definition) is 1. The molecule has 0 radical (unpaired) electrons. The summed E-state index contributed by atoms with van der Waals surface area (Å²) in [6.45, 7) is 0. The van der Waals surface area contributed by atoms with Gasteiger partial charge in [0.25, 0.3) is 5.91 Å². The average Bonchev–Trinajstić information content (AvgIpc) is 2.92. The fourth-order valence-corrected chi connectivity index (χ4v) is 3.41. The number of nitrogens with one attached hydrogen (secondary N) is 1. The number of thiophene rings is 1. The molecule has 0 bridgehead atoms. The monoisotopic (exact) mass is 345 g/mol. The van der Waals surface area contributed by atoms with Gasteiger partial charge in [0.2, 0.25) is 0 Å². The molecule has 0 atom stereocenters. The summed E-state index contributed by atoms with van der Waals surface area (Å²) < 4.78 is 6.06. The Kier molecular flexibility index (Phi) is 4.55. The molecule has 0 fully saturated rings. The van der Waals surface area contributed by atoms with Crippen molar-refractivity contribution in [1.82, 2.24) is 10.4 Å². The van der Waals surface area contributed by atoms with Gasteiger partial charge in [-0.25, -0.2) is 5.43 Å². The summed E-state index contributed by atoms with van der Waals surface area (Å²) in [7, 11) is 1.59. The molecule has 1 amide bonds. The van der Waals surface area contributed by atoms with Gasteiger partial charge in [-0.2, -0.15) is 5.10 Å². The summed E-state index contributed by atoms with van der Waals surface area (Å²) in [4.78, 5) is 16.7. The molecule has 2 heterocycles. The number of methoxy groups -OCH3 is 1. The van der Waals surface area contributed by atoms with Crippen molar-refractivity contribution in [3.8, 4) is 5.75 Å². The minimum absolute atomic E-state index is 0.359. The number of rotatable bonds is 4. The van der Waals surface area contributed by atoms with Crippen LogP contribution in [0.3, 0.4) is 0 Å². The number of nitrogens with zero attached hydrogens (tertiary/aromatic N) is 2. The predicted molar refractivity (Wildman–Crippen MR) is 92.7 cm³/mol. The number of halogens is 1. The molecule has 1 aromatic carbocycles. The number of ether oxygens (including phenoxy) is 1. The second kappa shape index (κ2) is 6.76. The summed E-state index contributed by atoms with van der Waals surface area (Å²) >= 11 is 7.58. The lowest BCUT2D eigenvalue weighted by Crippen LogP contribution is -2.16. The van der Waals surface area contributed by atoms with Crippen molar-refractivity contribution in [2.75, 3.05) is 7.11 Å². The number of carbonyl (C=O) groups excluding carboxylic acids is 1. The van der Waals surface area contributed by atoms with E-state index in [1.54, 1.807) is 25.4 Å². The van der Waals surface area contributed by atoms with Gasteiger partial charge in [0.05, 0.1) is 24.0 Å². The van der Waals surface area contributed by atoms with Crippen LogP contribution in [-0.2, 0) is 0 Å². The minimum atomic E-state index is -0.359. The van der Waals surface area contributed by atoms with Crippen LogP contribution in [0, 0.1) is 0 Å². The zero-order valence-electron chi connectivity index (χ0n) is 12.1. The molecular formula is C16H12ClN3O2S. The molecule has 116 valence electrons. The van der Waals surface area contributed by atoms with Gasteiger partial charge in [0, 0.05) is 16.3 Å². The van der Waals surface area contributed by atoms with Gasteiger partial charge >= 0.3 is 0 Å². The SMILES string of the molecule is COc1ccc2c(Cl)c(C(=O)N/N=C/c3ccccn3)sc2c1. The lowest BCUT2D eigenvalue weighted by molar-refractivity contribution is 0.0959. The summed E-state index contributed by atoms with van der Waals surface area (Å²) in [5.74, 6) is 0.359. The largest absolute Gasteiger partial charge is 0.497 e. The maximum absolute atomic E-state index is 12.2. The highest BCUT2D eigenvalue weighted by molar-refractivity contribution is 7.21. The van der Waals surface area contributed by atoms with Crippen molar-refractivity contribution < 1.29 is 9.53 Å². The molecule has 5 nitrogen and oxygen atoms in total. The Morgan fingerprint density at radius 2 is 2.26 bits per heavy atom. The number of benzene rings is 1. The van der Waals surface area contributed by atoms with Crippen molar-refractivity contribution in [3.05, 3.63) is 58.2 Å². The van der Waals surface area contributed by atoms with Crippen molar-refractivity contribution in [2.45, 2.75) is 0 Å². The van der Waals surface area contributed by atoms with Gasteiger partial charge in [-0.3, -0.25) is 9.78 Å². The number of aromatic nitrogens is 1. The zero-order valence-corrected chi connectivity index (χ0v) is 13.7. The van der Waals surface area contributed by atoms with E-state index in [9.17, 15) is 4.79 Å². The molecule has 0 aliphatic rings.